The highest BCUT2D eigenvalue weighted by Crippen LogP contribution is 2.31. The lowest BCUT2D eigenvalue weighted by Crippen LogP contribution is -2.50. The maximum absolute atomic E-state index is 12.6. The van der Waals surface area contributed by atoms with Crippen molar-refractivity contribution in [2.45, 2.75) is 39.5 Å². The van der Waals surface area contributed by atoms with E-state index in [0.717, 1.165) is 28.1 Å². The number of aliphatic imine (C=N–C) groups is 1. The van der Waals surface area contributed by atoms with Crippen molar-refractivity contribution in [3.63, 3.8) is 0 Å². The minimum Gasteiger partial charge on any atom is -0.464 e. The second-order valence-corrected chi connectivity index (χ2v) is 8.74. The van der Waals surface area contributed by atoms with Gasteiger partial charge in [-0.15, -0.1) is 0 Å². The third-order valence-corrected chi connectivity index (χ3v) is 5.99. The molecule has 0 aliphatic carbocycles. The molecule has 9 nitrogen and oxygen atoms in total. The number of nitrogens with two attached hydrogens (primary N) is 1. The molecule has 4 rings (SSSR count). The summed E-state index contributed by atoms with van der Waals surface area (Å²) in [6.45, 7) is 6.37. The van der Waals surface area contributed by atoms with Crippen molar-refractivity contribution in [1.29, 1.82) is 10.5 Å². The molecule has 2 aromatic carbocycles. The highest BCUT2D eigenvalue weighted by molar-refractivity contribution is 5.96. The Morgan fingerprint density at radius 1 is 1.20 bits per heavy atom. The maximum atomic E-state index is 12.6. The Kier molecular flexibility index (Phi) is 6.72. The van der Waals surface area contributed by atoms with Gasteiger partial charge in [0.05, 0.1) is 29.3 Å². The van der Waals surface area contributed by atoms with E-state index in [-0.39, 0.29) is 5.91 Å². The molecule has 0 radical (unpaired) electrons. The van der Waals surface area contributed by atoms with Gasteiger partial charge in [0.25, 0.3) is 0 Å². The van der Waals surface area contributed by atoms with E-state index in [1.807, 2.05) is 13.8 Å². The molecule has 0 saturated heterocycles. The number of carbonyl (C=O) groups is 1. The average Bonchev–Trinajstić information content (AvgIpc) is 2.85. The fraction of sp³-hybridized carbons (Fsp3) is 0.308. The highest BCUT2D eigenvalue weighted by Gasteiger charge is 2.33. The van der Waals surface area contributed by atoms with Crippen molar-refractivity contribution in [3.8, 4) is 17.9 Å². The summed E-state index contributed by atoms with van der Waals surface area (Å²) in [5, 5.41) is 24.9. The first-order valence-corrected chi connectivity index (χ1v) is 11.4. The molecule has 35 heavy (non-hydrogen) atoms. The lowest BCUT2D eigenvalue weighted by Gasteiger charge is -2.37. The van der Waals surface area contributed by atoms with Gasteiger partial charge in [-0.25, -0.2) is 4.99 Å². The van der Waals surface area contributed by atoms with E-state index < -0.39 is 12.3 Å². The van der Waals surface area contributed by atoms with Gasteiger partial charge in [-0.2, -0.15) is 10.5 Å². The van der Waals surface area contributed by atoms with Crippen LogP contribution in [0.5, 0.6) is 5.75 Å². The number of hydrogen-bond acceptors (Lipinski definition) is 8. The summed E-state index contributed by atoms with van der Waals surface area (Å²) >= 11 is 0. The number of aryl methyl sites for hydroxylation is 2. The van der Waals surface area contributed by atoms with Gasteiger partial charge < -0.3 is 26.0 Å². The zero-order valence-electron chi connectivity index (χ0n) is 19.9. The molecule has 2 aliphatic rings. The molecule has 0 fully saturated rings. The Morgan fingerprint density at radius 3 is 2.46 bits per heavy atom. The largest absolute Gasteiger partial charge is 0.464 e. The molecule has 4 N–H and O–H groups in total. The van der Waals surface area contributed by atoms with Gasteiger partial charge in [0, 0.05) is 36.5 Å². The van der Waals surface area contributed by atoms with Crippen molar-refractivity contribution in [1.82, 2.24) is 10.2 Å². The first-order chi connectivity index (χ1) is 16.8. The van der Waals surface area contributed by atoms with E-state index in [4.69, 9.17) is 20.7 Å². The summed E-state index contributed by atoms with van der Waals surface area (Å²) in [6.07, 6.45) is -0.0753. The molecule has 2 aromatic rings. The van der Waals surface area contributed by atoms with E-state index >= 15 is 0 Å². The second kappa shape index (κ2) is 9.88. The van der Waals surface area contributed by atoms with Crippen LogP contribution in [0.4, 0.5) is 5.69 Å². The van der Waals surface area contributed by atoms with E-state index in [1.54, 1.807) is 48.2 Å². The third kappa shape index (κ3) is 5.11. The van der Waals surface area contributed by atoms with Crippen LogP contribution in [0, 0.1) is 36.5 Å². The molecular formula is C26H27N7O2. The Bertz CT molecular complexity index is 1270. The van der Waals surface area contributed by atoms with Crippen LogP contribution >= 0.6 is 0 Å². The van der Waals surface area contributed by atoms with Gasteiger partial charge in [0.2, 0.25) is 18.1 Å². The van der Waals surface area contributed by atoms with Crippen molar-refractivity contribution in [2.75, 3.05) is 18.4 Å². The fourth-order valence-corrected chi connectivity index (χ4v) is 4.24. The number of rotatable bonds is 4. The molecule has 1 amide bonds. The quantitative estimate of drug-likeness (QED) is 0.625. The van der Waals surface area contributed by atoms with Crippen LogP contribution < -0.4 is 21.1 Å². The van der Waals surface area contributed by atoms with E-state index in [2.05, 4.69) is 22.8 Å². The number of nitrogens with zero attached hydrogens (tertiary/aromatic N) is 4. The number of guanidine groups is 1. The van der Waals surface area contributed by atoms with Gasteiger partial charge in [0.1, 0.15) is 5.75 Å². The number of carbonyl (C=O) groups excluding carboxylic acids is 1. The van der Waals surface area contributed by atoms with E-state index in [0.29, 0.717) is 42.3 Å². The maximum Gasteiger partial charge on any atom is 0.239 e. The predicted octanol–water partition coefficient (Wildman–Crippen LogP) is 2.66. The van der Waals surface area contributed by atoms with Crippen molar-refractivity contribution in [2.24, 2.45) is 10.7 Å². The standard InChI is InChI=1S/C26H27N7O2/c1-15-10-19(13-28)11-16(2)23(15)35-24-21-14-33(25(34)17(3)29)9-8-22(21)31-26(32-24)30-20-6-4-18(12-27)5-7-20/h4-7,10-11,17,24H,8-9,14,29H2,1-3H3,(H2,30,31,32)/t17-,24?/m0/s1. The SMILES string of the molecule is Cc1cc(C#N)cc(C)c1OC1N=C(Nc2ccc(C#N)cc2)NC2=C1CN(C(=O)[C@H](C)N)CC2. The summed E-state index contributed by atoms with van der Waals surface area (Å²) in [5.74, 6) is 1.04. The molecule has 2 heterocycles. The lowest BCUT2D eigenvalue weighted by molar-refractivity contribution is -0.132. The van der Waals surface area contributed by atoms with Crippen molar-refractivity contribution >= 4 is 17.6 Å². The Morgan fingerprint density at radius 2 is 1.86 bits per heavy atom. The fourth-order valence-electron chi connectivity index (χ4n) is 4.24. The number of amides is 1. The number of anilines is 1. The number of nitrogens with one attached hydrogen (secondary N) is 2. The molecule has 0 saturated carbocycles. The molecule has 9 heteroatoms. The molecule has 2 atom stereocenters. The normalized spacial score (nSPS) is 17.8. The average molecular weight is 470 g/mol. The Hall–Kier alpha value is -4.34. The third-order valence-electron chi connectivity index (χ3n) is 5.99. The van der Waals surface area contributed by atoms with Crippen molar-refractivity contribution < 1.29 is 9.53 Å². The Balaban J connectivity index is 1.66. The van der Waals surface area contributed by atoms with Crippen LogP contribution in [0.15, 0.2) is 52.7 Å². The first kappa shape index (κ1) is 23.8. The van der Waals surface area contributed by atoms with Crippen LogP contribution in [0.3, 0.4) is 0 Å². The van der Waals surface area contributed by atoms with Gasteiger partial charge in [-0.3, -0.25) is 4.79 Å². The molecule has 0 bridgehead atoms. The van der Waals surface area contributed by atoms with Crippen LogP contribution in [0.2, 0.25) is 0 Å². The Labute approximate surface area is 204 Å². The monoisotopic (exact) mass is 469 g/mol. The number of ether oxygens (including phenoxy) is 1. The smallest absolute Gasteiger partial charge is 0.239 e. The minimum atomic E-state index is -0.679. The topological polar surface area (TPSA) is 140 Å². The first-order valence-electron chi connectivity index (χ1n) is 11.4. The van der Waals surface area contributed by atoms with Gasteiger partial charge in [-0.05, 0) is 68.3 Å². The van der Waals surface area contributed by atoms with E-state index in [1.165, 1.54) is 0 Å². The zero-order chi connectivity index (χ0) is 25.1. The van der Waals surface area contributed by atoms with E-state index in [9.17, 15) is 10.1 Å². The summed E-state index contributed by atoms with van der Waals surface area (Å²) < 4.78 is 6.43. The number of hydrogen-bond donors (Lipinski definition) is 3. The zero-order valence-corrected chi connectivity index (χ0v) is 19.9. The number of benzene rings is 2. The molecule has 1 unspecified atom stereocenters. The second-order valence-electron chi connectivity index (χ2n) is 8.74. The van der Waals surface area contributed by atoms with Crippen LogP contribution in [0.25, 0.3) is 0 Å². The molecule has 178 valence electrons. The van der Waals surface area contributed by atoms with Gasteiger partial charge in [-0.1, -0.05) is 0 Å². The van der Waals surface area contributed by atoms with Crippen LogP contribution in [-0.2, 0) is 4.79 Å². The summed E-state index contributed by atoms with van der Waals surface area (Å²) in [6, 6.07) is 14.3. The molecular weight excluding hydrogens is 442 g/mol. The molecule has 0 spiro atoms. The highest BCUT2D eigenvalue weighted by atomic mass is 16.5. The predicted molar refractivity (Wildman–Crippen MR) is 132 cm³/mol. The summed E-state index contributed by atoms with van der Waals surface area (Å²) in [7, 11) is 0. The van der Waals surface area contributed by atoms with Gasteiger partial charge >= 0.3 is 0 Å². The van der Waals surface area contributed by atoms with Crippen LogP contribution in [0.1, 0.15) is 35.6 Å². The minimum absolute atomic E-state index is 0.119. The lowest BCUT2D eigenvalue weighted by atomic mass is 10.0. The van der Waals surface area contributed by atoms with Crippen LogP contribution in [-0.4, -0.2) is 42.1 Å². The van der Waals surface area contributed by atoms with Crippen molar-refractivity contribution in [3.05, 3.63) is 69.9 Å². The number of nitriles is 2. The molecule has 0 aromatic heterocycles. The summed E-state index contributed by atoms with van der Waals surface area (Å²) in [5.41, 5.74) is 11.2. The van der Waals surface area contributed by atoms with Gasteiger partial charge in [0.15, 0.2) is 0 Å². The molecule has 2 aliphatic heterocycles. The summed E-state index contributed by atoms with van der Waals surface area (Å²) in [4.78, 5) is 19.1.